The van der Waals surface area contributed by atoms with E-state index in [1.165, 1.54) is 5.56 Å². The van der Waals surface area contributed by atoms with Crippen LogP contribution in [-0.4, -0.2) is 35.9 Å². The van der Waals surface area contributed by atoms with Gasteiger partial charge in [0.1, 0.15) is 5.75 Å². The largest absolute Gasteiger partial charge is 0.494 e. The predicted molar refractivity (Wildman–Crippen MR) is 113 cm³/mol. The number of benzene rings is 1. The molecule has 1 heterocycles. The first-order chi connectivity index (χ1) is 11.7. The Morgan fingerprint density at radius 2 is 2.08 bits per heavy atom. The fraction of sp³-hybridized carbons (Fsp3) is 0.444. The Morgan fingerprint density at radius 1 is 1.28 bits per heavy atom. The van der Waals surface area contributed by atoms with Gasteiger partial charge in [0.25, 0.3) is 0 Å². The van der Waals surface area contributed by atoms with Crippen molar-refractivity contribution in [2.45, 2.75) is 33.4 Å². The van der Waals surface area contributed by atoms with E-state index in [0.29, 0.717) is 13.2 Å². The van der Waals surface area contributed by atoms with E-state index in [0.717, 1.165) is 36.8 Å². The Morgan fingerprint density at radius 3 is 2.76 bits per heavy atom. The first kappa shape index (κ1) is 21.3. The molecule has 138 valence electrons. The summed E-state index contributed by atoms with van der Waals surface area (Å²) in [6.07, 6.45) is 4.92. The van der Waals surface area contributed by atoms with Crippen LogP contribution in [0.4, 0.5) is 0 Å². The summed E-state index contributed by atoms with van der Waals surface area (Å²) in [7, 11) is 1.78. The molecule has 1 aromatic carbocycles. The molecule has 0 atom stereocenters. The molecule has 0 aliphatic carbocycles. The van der Waals surface area contributed by atoms with Gasteiger partial charge in [0.15, 0.2) is 5.96 Å². The van der Waals surface area contributed by atoms with E-state index in [4.69, 9.17) is 4.74 Å². The van der Waals surface area contributed by atoms with Gasteiger partial charge in [0.2, 0.25) is 0 Å². The van der Waals surface area contributed by atoms with Gasteiger partial charge in [0.05, 0.1) is 12.8 Å². The van der Waals surface area contributed by atoms with Gasteiger partial charge in [-0.1, -0.05) is 18.2 Å². The highest BCUT2D eigenvalue weighted by Gasteiger charge is 2.04. The molecule has 0 bridgehead atoms. The average molecular weight is 457 g/mol. The van der Waals surface area contributed by atoms with Gasteiger partial charge < -0.3 is 15.4 Å². The molecule has 6 nitrogen and oxygen atoms in total. The van der Waals surface area contributed by atoms with Crippen LogP contribution in [0.3, 0.4) is 0 Å². The highest BCUT2D eigenvalue weighted by molar-refractivity contribution is 14.0. The maximum absolute atomic E-state index is 5.64. The number of guanidine groups is 1. The zero-order valence-electron chi connectivity index (χ0n) is 15.2. The SMILES string of the molecule is CCOc1ccccc1CNC(=NC)NCCCn1cc(C)cn1.I. The standard InChI is InChI=1S/C18H27N5O.HI/c1-4-24-17-9-6-5-8-16(17)13-21-18(19-3)20-10-7-11-23-14-15(2)12-22-23;/h5-6,8-9,12,14H,4,7,10-11,13H2,1-3H3,(H2,19,20,21);1H. The fourth-order valence-corrected chi connectivity index (χ4v) is 2.38. The van der Waals surface area contributed by atoms with Crippen LogP contribution in [0.15, 0.2) is 41.7 Å². The molecule has 0 radical (unpaired) electrons. The third-order valence-electron chi connectivity index (χ3n) is 3.56. The first-order valence-corrected chi connectivity index (χ1v) is 8.37. The summed E-state index contributed by atoms with van der Waals surface area (Å²) in [4.78, 5) is 4.26. The van der Waals surface area contributed by atoms with Crippen molar-refractivity contribution in [3.05, 3.63) is 47.8 Å². The Labute approximate surface area is 167 Å². The number of nitrogens with one attached hydrogen (secondary N) is 2. The second kappa shape index (κ2) is 11.7. The number of ether oxygens (including phenoxy) is 1. The number of halogens is 1. The molecule has 7 heteroatoms. The van der Waals surface area contributed by atoms with Gasteiger partial charge in [0, 0.05) is 38.4 Å². The number of aliphatic imine (C=N–C) groups is 1. The predicted octanol–water partition coefficient (Wildman–Crippen LogP) is 2.96. The fourth-order valence-electron chi connectivity index (χ4n) is 2.38. The van der Waals surface area contributed by atoms with Gasteiger partial charge in [-0.2, -0.15) is 5.10 Å². The van der Waals surface area contributed by atoms with Crippen molar-refractivity contribution in [1.82, 2.24) is 20.4 Å². The summed E-state index contributed by atoms with van der Waals surface area (Å²) in [5.41, 5.74) is 2.31. The van der Waals surface area contributed by atoms with Crippen molar-refractivity contribution in [3.63, 3.8) is 0 Å². The minimum atomic E-state index is 0. The van der Waals surface area contributed by atoms with E-state index in [1.807, 2.05) is 42.9 Å². The number of para-hydroxylation sites is 1. The minimum absolute atomic E-state index is 0. The molecule has 0 fully saturated rings. The molecule has 2 rings (SSSR count). The second-order valence-electron chi connectivity index (χ2n) is 5.53. The van der Waals surface area contributed by atoms with Crippen molar-refractivity contribution in [3.8, 4) is 5.75 Å². The van der Waals surface area contributed by atoms with Gasteiger partial charge in [-0.15, -0.1) is 24.0 Å². The molecule has 2 aromatic rings. The monoisotopic (exact) mass is 457 g/mol. The zero-order chi connectivity index (χ0) is 17.2. The Kier molecular flexibility index (Phi) is 9.98. The molecule has 0 aliphatic heterocycles. The molecule has 0 amide bonds. The van der Waals surface area contributed by atoms with Crippen LogP contribution < -0.4 is 15.4 Å². The molecular formula is C18H28IN5O. The summed E-state index contributed by atoms with van der Waals surface area (Å²) in [5.74, 6) is 1.70. The summed E-state index contributed by atoms with van der Waals surface area (Å²) >= 11 is 0. The molecule has 0 saturated carbocycles. The van der Waals surface area contributed by atoms with Crippen LogP contribution in [0.25, 0.3) is 0 Å². The van der Waals surface area contributed by atoms with E-state index in [-0.39, 0.29) is 24.0 Å². The third-order valence-corrected chi connectivity index (χ3v) is 3.56. The quantitative estimate of drug-likeness (QED) is 0.277. The second-order valence-corrected chi connectivity index (χ2v) is 5.53. The topological polar surface area (TPSA) is 63.5 Å². The molecular weight excluding hydrogens is 429 g/mol. The Bertz CT molecular complexity index is 656. The van der Waals surface area contributed by atoms with Crippen LogP contribution >= 0.6 is 24.0 Å². The van der Waals surface area contributed by atoms with Gasteiger partial charge in [-0.3, -0.25) is 9.67 Å². The number of hydrogen-bond donors (Lipinski definition) is 2. The molecule has 0 saturated heterocycles. The highest BCUT2D eigenvalue weighted by Crippen LogP contribution is 2.17. The molecule has 1 aromatic heterocycles. The summed E-state index contributed by atoms with van der Waals surface area (Å²) < 4.78 is 7.61. The van der Waals surface area contributed by atoms with Crippen molar-refractivity contribution in [2.75, 3.05) is 20.2 Å². The van der Waals surface area contributed by atoms with Crippen LogP contribution in [0, 0.1) is 6.92 Å². The highest BCUT2D eigenvalue weighted by atomic mass is 127. The lowest BCUT2D eigenvalue weighted by Crippen LogP contribution is -2.37. The van der Waals surface area contributed by atoms with E-state index in [1.54, 1.807) is 7.05 Å². The van der Waals surface area contributed by atoms with Crippen LogP contribution in [-0.2, 0) is 13.1 Å². The van der Waals surface area contributed by atoms with Crippen molar-refractivity contribution in [1.29, 1.82) is 0 Å². The third kappa shape index (κ3) is 7.33. The molecule has 0 spiro atoms. The van der Waals surface area contributed by atoms with E-state index < -0.39 is 0 Å². The Hall–Kier alpha value is -1.77. The van der Waals surface area contributed by atoms with Crippen molar-refractivity contribution in [2.24, 2.45) is 4.99 Å². The number of hydrogen-bond acceptors (Lipinski definition) is 3. The number of rotatable bonds is 8. The van der Waals surface area contributed by atoms with Gasteiger partial charge >= 0.3 is 0 Å². The molecule has 2 N–H and O–H groups in total. The van der Waals surface area contributed by atoms with Crippen molar-refractivity contribution >= 4 is 29.9 Å². The number of aryl methyl sites for hydroxylation is 2. The van der Waals surface area contributed by atoms with Crippen LogP contribution in [0.1, 0.15) is 24.5 Å². The van der Waals surface area contributed by atoms with Crippen LogP contribution in [0.5, 0.6) is 5.75 Å². The minimum Gasteiger partial charge on any atom is -0.494 e. The lowest BCUT2D eigenvalue weighted by Gasteiger charge is -2.14. The summed E-state index contributed by atoms with van der Waals surface area (Å²) in [6.45, 7) is 7.11. The van der Waals surface area contributed by atoms with Crippen molar-refractivity contribution < 1.29 is 4.74 Å². The van der Waals surface area contributed by atoms with E-state index in [2.05, 4.69) is 33.0 Å². The first-order valence-electron chi connectivity index (χ1n) is 8.37. The van der Waals surface area contributed by atoms with Gasteiger partial charge in [-0.25, -0.2) is 0 Å². The molecule has 25 heavy (non-hydrogen) atoms. The normalized spacial score (nSPS) is 10.9. The Balaban J connectivity index is 0.00000312. The lowest BCUT2D eigenvalue weighted by molar-refractivity contribution is 0.336. The van der Waals surface area contributed by atoms with E-state index in [9.17, 15) is 0 Å². The summed E-state index contributed by atoms with van der Waals surface area (Å²) in [5, 5.41) is 10.9. The lowest BCUT2D eigenvalue weighted by atomic mass is 10.2. The average Bonchev–Trinajstić information content (AvgIpc) is 3.01. The maximum Gasteiger partial charge on any atom is 0.191 e. The van der Waals surface area contributed by atoms with E-state index >= 15 is 0 Å². The molecule has 0 aliphatic rings. The number of nitrogens with zero attached hydrogens (tertiary/aromatic N) is 3. The maximum atomic E-state index is 5.64. The summed E-state index contributed by atoms with van der Waals surface area (Å²) in [6, 6.07) is 8.05. The number of aromatic nitrogens is 2. The zero-order valence-corrected chi connectivity index (χ0v) is 17.5. The molecule has 0 unspecified atom stereocenters. The van der Waals surface area contributed by atoms with Gasteiger partial charge in [-0.05, 0) is 31.9 Å². The smallest absolute Gasteiger partial charge is 0.191 e. The van der Waals surface area contributed by atoms with Crippen LogP contribution in [0.2, 0.25) is 0 Å².